The number of hydrogen-bond donors (Lipinski definition) is 2. The molecular formula is C19H25ClFN3O2. The van der Waals surface area contributed by atoms with Crippen LogP contribution in [-0.2, 0) is 17.8 Å². The first-order valence-corrected chi connectivity index (χ1v) is 8.75. The summed E-state index contributed by atoms with van der Waals surface area (Å²) in [4.78, 5) is 24.3. The van der Waals surface area contributed by atoms with E-state index in [4.69, 9.17) is 0 Å². The Morgan fingerprint density at radius 1 is 1.38 bits per heavy atom. The summed E-state index contributed by atoms with van der Waals surface area (Å²) in [6, 6.07) is 5.87. The number of rotatable bonds is 6. The molecule has 142 valence electrons. The Bertz CT molecular complexity index is 805. The molecule has 3 rings (SSSR count). The van der Waals surface area contributed by atoms with E-state index >= 15 is 0 Å². The molecule has 1 fully saturated rings. The molecule has 0 aliphatic carbocycles. The number of carbonyl (C=O) groups is 2. The van der Waals surface area contributed by atoms with Crippen LogP contribution in [0.15, 0.2) is 24.4 Å². The molecule has 0 unspecified atom stereocenters. The Hall–Kier alpha value is -1.92. The second kappa shape index (κ2) is 8.64. The van der Waals surface area contributed by atoms with Crippen LogP contribution < -0.4 is 10.6 Å². The number of hydrogen-bond acceptors (Lipinski definition) is 3. The monoisotopic (exact) mass is 381 g/mol. The maximum absolute atomic E-state index is 13.2. The average Bonchev–Trinajstić information content (AvgIpc) is 3.17. The van der Waals surface area contributed by atoms with Crippen molar-refractivity contribution in [1.29, 1.82) is 0 Å². The number of amides is 1. The van der Waals surface area contributed by atoms with Gasteiger partial charge in [-0.2, -0.15) is 0 Å². The Balaban J connectivity index is 0.00000243. The molecule has 2 heterocycles. The lowest BCUT2D eigenvalue weighted by atomic mass is 10.1. The van der Waals surface area contributed by atoms with Gasteiger partial charge in [0.15, 0.2) is 5.78 Å². The first-order chi connectivity index (χ1) is 12.0. The third-order valence-corrected chi connectivity index (χ3v) is 4.77. The van der Waals surface area contributed by atoms with Crippen LogP contribution in [0.25, 0.3) is 10.9 Å². The van der Waals surface area contributed by atoms with Crippen LogP contribution in [0.3, 0.4) is 0 Å². The molecule has 26 heavy (non-hydrogen) atoms. The van der Waals surface area contributed by atoms with E-state index < -0.39 is 6.17 Å². The van der Waals surface area contributed by atoms with Crippen LogP contribution >= 0.6 is 12.4 Å². The molecule has 5 nitrogen and oxygen atoms in total. The number of ketones is 1. The van der Waals surface area contributed by atoms with Crippen molar-refractivity contribution in [2.24, 2.45) is 0 Å². The number of Topliss-reactive ketones (excluding diaryl/α,β-unsaturated/α-hetero) is 1. The number of carbonyl (C=O) groups excluding carboxylic acids is 2. The van der Waals surface area contributed by atoms with Crippen LogP contribution in [0.5, 0.6) is 0 Å². The maximum Gasteiger partial charge on any atom is 0.239 e. The molecule has 2 N–H and O–H groups in total. The van der Waals surface area contributed by atoms with Crippen molar-refractivity contribution in [3.05, 3.63) is 35.5 Å². The van der Waals surface area contributed by atoms with E-state index in [1.165, 1.54) is 6.92 Å². The molecule has 0 bridgehead atoms. The number of alkyl halides is 1. The van der Waals surface area contributed by atoms with Crippen molar-refractivity contribution in [2.45, 2.75) is 45.4 Å². The Kier molecular flexibility index (Phi) is 6.78. The van der Waals surface area contributed by atoms with Crippen molar-refractivity contribution < 1.29 is 14.0 Å². The van der Waals surface area contributed by atoms with Gasteiger partial charge in [-0.05, 0) is 25.3 Å². The first-order valence-electron chi connectivity index (χ1n) is 8.75. The van der Waals surface area contributed by atoms with Crippen LogP contribution in [0, 0.1) is 0 Å². The van der Waals surface area contributed by atoms with Crippen molar-refractivity contribution in [3.63, 3.8) is 0 Å². The highest BCUT2D eigenvalue weighted by Crippen LogP contribution is 2.25. The van der Waals surface area contributed by atoms with Crippen LogP contribution in [-0.4, -0.2) is 41.6 Å². The van der Waals surface area contributed by atoms with Crippen LogP contribution in [0.4, 0.5) is 4.39 Å². The molecule has 0 spiro atoms. The summed E-state index contributed by atoms with van der Waals surface area (Å²) in [7, 11) is 0. The Morgan fingerprint density at radius 3 is 2.77 bits per heavy atom. The second-order valence-electron chi connectivity index (χ2n) is 6.64. The zero-order chi connectivity index (χ0) is 18.0. The zero-order valence-electron chi connectivity index (χ0n) is 15.0. The molecule has 1 amide bonds. The SMILES string of the molecule is CCc1cccc2c(C(C)=O)cn(CC(=O)NC[C@@H]3C[C@H](F)CN3)c12.Cl. The largest absolute Gasteiger partial charge is 0.353 e. The molecule has 0 saturated carbocycles. The number of halogens is 2. The van der Waals surface area contributed by atoms with E-state index in [1.54, 1.807) is 6.20 Å². The predicted octanol–water partition coefficient (Wildman–Crippen LogP) is 2.64. The molecule has 2 aromatic rings. The number of nitrogens with one attached hydrogen (secondary N) is 2. The lowest BCUT2D eigenvalue weighted by molar-refractivity contribution is -0.121. The topological polar surface area (TPSA) is 63.1 Å². The van der Waals surface area contributed by atoms with E-state index in [0.717, 1.165) is 22.9 Å². The van der Waals surface area contributed by atoms with Crippen molar-refractivity contribution in [3.8, 4) is 0 Å². The summed E-state index contributed by atoms with van der Waals surface area (Å²) in [5, 5.41) is 6.80. The van der Waals surface area contributed by atoms with Gasteiger partial charge in [-0.15, -0.1) is 12.4 Å². The van der Waals surface area contributed by atoms with Gasteiger partial charge in [-0.3, -0.25) is 9.59 Å². The summed E-state index contributed by atoms with van der Waals surface area (Å²) in [5.74, 6) is -0.149. The van der Waals surface area contributed by atoms with Gasteiger partial charge in [0.2, 0.25) is 5.91 Å². The molecule has 1 aliphatic rings. The van der Waals surface area contributed by atoms with E-state index in [1.807, 2.05) is 22.8 Å². The quantitative estimate of drug-likeness (QED) is 0.756. The van der Waals surface area contributed by atoms with Gasteiger partial charge < -0.3 is 15.2 Å². The van der Waals surface area contributed by atoms with E-state index in [2.05, 4.69) is 17.6 Å². The number of benzene rings is 1. The van der Waals surface area contributed by atoms with E-state index in [-0.39, 0.29) is 36.7 Å². The van der Waals surface area contributed by atoms with Crippen molar-refractivity contribution >= 4 is 35.0 Å². The van der Waals surface area contributed by atoms with Gasteiger partial charge in [0, 0.05) is 36.3 Å². The minimum absolute atomic E-state index is 0. The smallest absolute Gasteiger partial charge is 0.239 e. The summed E-state index contributed by atoms with van der Waals surface area (Å²) in [6.07, 6.45) is 2.18. The fourth-order valence-electron chi connectivity index (χ4n) is 3.50. The van der Waals surface area contributed by atoms with Gasteiger partial charge in [0.25, 0.3) is 0 Å². The highest BCUT2D eigenvalue weighted by molar-refractivity contribution is 6.07. The van der Waals surface area contributed by atoms with Crippen LogP contribution in [0.2, 0.25) is 0 Å². The molecule has 2 atom stereocenters. The third kappa shape index (κ3) is 4.24. The first kappa shape index (κ1) is 20.4. The Morgan fingerprint density at radius 2 is 2.15 bits per heavy atom. The summed E-state index contributed by atoms with van der Waals surface area (Å²) >= 11 is 0. The molecule has 0 radical (unpaired) electrons. The highest BCUT2D eigenvalue weighted by Gasteiger charge is 2.24. The highest BCUT2D eigenvalue weighted by atomic mass is 35.5. The van der Waals surface area contributed by atoms with Gasteiger partial charge in [-0.25, -0.2) is 4.39 Å². The summed E-state index contributed by atoms with van der Waals surface area (Å²) in [5.41, 5.74) is 2.68. The molecule has 1 aliphatic heterocycles. The normalized spacial score (nSPS) is 19.3. The van der Waals surface area contributed by atoms with Crippen molar-refractivity contribution in [1.82, 2.24) is 15.2 Å². The fraction of sp³-hybridized carbons (Fsp3) is 0.474. The number of nitrogens with zero attached hydrogens (tertiary/aromatic N) is 1. The summed E-state index contributed by atoms with van der Waals surface area (Å²) in [6.45, 7) is 4.51. The van der Waals surface area contributed by atoms with E-state index in [9.17, 15) is 14.0 Å². The fourth-order valence-corrected chi connectivity index (χ4v) is 3.50. The zero-order valence-corrected chi connectivity index (χ0v) is 15.9. The molecule has 1 aromatic carbocycles. The van der Waals surface area contributed by atoms with E-state index in [0.29, 0.717) is 25.1 Å². The standard InChI is InChI=1S/C19H24FN3O2.ClH/c1-3-13-5-4-6-16-17(12(2)24)10-23(19(13)16)11-18(25)22-9-15-7-14(20)8-21-15;/h4-6,10,14-15,21H,3,7-9,11H2,1-2H3,(H,22,25);1H/t14-,15-;/m0./s1. The predicted molar refractivity (Wildman–Crippen MR) is 103 cm³/mol. The molecule has 7 heteroatoms. The molecule has 1 saturated heterocycles. The minimum Gasteiger partial charge on any atom is -0.353 e. The average molecular weight is 382 g/mol. The maximum atomic E-state index is 13.2. The molecular weight excluding hydrogens is 357 g/mol. The van der Waals surface area contributed by atoms with Crippen LogP contribution in [0.1, 0.15) is 36.2 Å². The minimum atomic E-state index is -0.833. The second-order valence-corrected chi connectivity index (χ2v) is 6.64. The number of fused-ring (bicyclic) bond motifs is 1. The van der Waals surface area contributed by atoms with Gasteiger partial charge in [0.05, 0.1) is 5.52 Å². The lowest BCUT2D eigenvalue weighted by Gasteiger charge is -2.13. The summed E-state index contributed by atoms with van der Waals surface area (Å²) < 4.78 is 15.0. The Labute approximate surface area is 158 Å². The van der Waals surface area contributed by atoms with Gasteiger partial charge >= 0.3 is 0 Å². The van der Waals surface area contributed by atoms with Crippen molar-refractivity contribution in [2.75, 3.05) is 13.1 Å². The lowest BCUT2D eigenvalue weighted by Crippen LogP contribution is -2.38. The molecule has 1 aromatic heterocycles. The number of aromatic nitrogens is 1. The number of aryl methyl sites for hydroxylation is 1. The number of para-hydroxylation sites is 1. The van der Waals surface area contributed by atoms with Gasteiger partial charge in [-0.1, -0.05) is 25.1 Å². The third-order valence-electron chi connectivity index (χ3n) is 4.77. The van der Waals surface area contributed by atoms with Gasteiger partial charge in [0.1, 0.15) is 12.7 Å².